The molecule has 1 saturated heterocycles. The molecular weight excluding hydrogens is 404 g/mol. The van der Waals surface area contributed by atoms with E-state index in [0.29, 0.717) is 25.9 Å². The van der Waals surface area contributed by atoms with Crippen molar-refractivity contribution in [3.63, 3.8) is 0 Å². The van der Waals surface area contributed by atoms with Crippen LogP contribution in [0.3, 0.4) is 0 Å². The van der Waals surface area contributed by atoms with Crippen molar-refractivity contribution < 1.29 is 22.7 Å². The standard InChI is InChI=1S/C19H25ClN2O5S/c1-27-18(24)19(9-3-4-10-19)21-17(23)14-7-8-15(20)16(13-14)28(25,26)22-11-5-2-6-12-22/h7-8,13H,2-6,9-12H2,1H3,(H,21,23). The van der Waals surface area contributed by atoms with E-state index in [0.717, 1.165) is 32.1 Å². The van der Waals surface area contributed by atoms with Crippen LogP contribution in [0.1, 0.15) is 55.3 Å². The number of rotatable bonds is 5. The molecule has 0 radical (unpaired) electrons. The first-order valence-corrected chi connectivity index (χ1v) is 11.3. The van der Waals surface area contributed by atoms with Crippen LogP contribution in [-0.4, -0.2) is 50.3 Å². The first kappa shape index (κ1) is 21.1. The van der Waals surface area contributed by atoms with Crippen LogP contribution in [0.2, 0.25) is 5.02 Å². The molecule has 0 atom stereocenters. The topological polar surface area (TPSA) is 92.8 Å². The highest BCUT2D eigenvalue weighted by Gasteiger charge is 2.43. The van der Waals surface area contributed by atoms with Gasteiger partial charge in [0.25, 0.3) is 5.91 Å². The van der Waals surface area contributed by atoms with E-state index in [1.807, 2.05) is 0 Å². The molecule has 7 nitrogen and oxygen atoms in total. The Labute approximate surface area is 170 Å². The fraction of sp³-hybridized carbons (Fsp3) is 0.579. The second kappa shape index (κ2) is 8.39. The molecule has 1 amide bonds. The molecule has 1 heterocycles. The van der Waals surface area contributed by atoms with Crippen LogP contribution < -0.4 is 5.32 Å². The van der Waals surface area contributed by atoms with Crippen molar-refractivity contribution in [2.75, 3.05) is 20.2 Å². The summed E-state index contributed by atoms with van der Waals surface area (Å²) in [5.41, 5.74) is -0.910. The third-order valence-electron chi connectivity index (χ3n) is 5.51. The van der Waals surface area contributed by atoms with Crippen LogP contribution in [0.15, 0.2) is 23.1 Å². The fourth-order valence-corrected chi connectivity index (χ4v) is 5.95. The molecule has 2 fully saturated rings. The maximum Gasteiger partial charge on any atom is 0.331 e. The largest absolute Gasteiger partial charge is 0.467 e. The van der Waals surface area contributed by atoms with Crippen LogP contribution >= 0.6 is 11.6 Å². The minimum atomic E-state index is -3.78. The van der Waals surface area contributed by atoms with Gasteiger partial charge in [0, 0.05) is 18.7 Å². The number of esters is 1. The summed E-state index contributed by atoms with van der Waals surface area (Å²) in [5, 5.41) is 2.85. The van der Waals surface area contributed by atoms with E-state index in [1.54, 1.807) is 0 Å². The molecule has 1 aromatic carbocycles. The lowest BCUT2D eigenvalue weighted by molar-refractivity contribution is -0.148. The molecule has 1 aromatic rings. The predicted molar refractivity (Wildman–Crippen MR) is 105 cm³/mol. The van der Waals surface area contributed by atoms with Gasteiger partial charge in [-0.05, 0) is 43.9 Å². The number of methoxy groups -OCH3 is 1. The molecule has 1 aliphatic carbocycles. The normalized spacial score (nSPS) is 19.9. The van der Waals surface area contributed by atoms with Gasteiger partial charge in [-0.1, -0.05) is 30.9 Å². The van der Waals surface area contributed by atoms with Gasteiger partial charge in [-0.3, -0.25) is 4.79 Å². The summed E-state index contributed by atoms with van der Waals surface area (Å²) < 4.78 is 32.2. The molecule has 0 aromatic heterocycles. The lowest BCUT2D eigenvalue weighted by atomic mass is 9.97. The second-order valence-electron chi connectivity index (χ2n) is 7.34. The Bertz CT molecular complexity index is 859. The molecule has 154 valence electrons. The van der Waals surface area contributed by atoms with Crippen molar-refractivity contribution in [2.24, 2.45) is 0 Å². The Morgan fingerprint density at radius 2 is 1.75 bits per heavy atom. The van der Waals surface area contributed by atoms with Gasteiger partial charge in [-0.25, -0.2) is 13.2 Å². The van der Waals surface area contributed by atoms with E-state index in [4.69, 9.17) is 16.3 Å². The summed E-state index contributed by atoms with van der Waals surface area (Å²) in [7, 11) is -2.49. The van der Waals surface area contributed by atoms with Gasteiger partial charge >= 0.3 is 5.97 Å². The number of amides is 1. The first-order valence-electron chi connectivity index (χ1n) is 9.51. The average molecular weight is 429 g/mol. The minimum absolute atomic E-state index is 0.0747. The third-order valence-corrected chi connectivity index (χ3v) is 7.89. The van der Waals surface area contributed by atoms with E-state index in [1.165, 1.54) is 29.6 Å². The Morgan fingerprint density at radius 3 is 2.36 bits per heavy atom. The maximum atomic E-state index is 13.0. The summed E-state index contributed by atoms with van der Waals surface area (Å²) >= 11 is 6.16. The number of nitrogens with one attached hydrogen (secondary N) is 1. The Kier molecular flexibility index (Phi) is 6.31. The molecule has 1 aliphatic heterocycles. The van der Waals surface area contributed by atoms with Gasteiger partial charge in [0.05, 0.1) is 12.1 Å². The smallest absolute Gasteiger partial charge is 0.331 e. The van der Waals surface area contributed by atoms with Crippen molar-refractivity contribution >= 4 is 33.5 Å². The molecule has 1 N–H and O–H groups in total. The summed E-state index contributed by atoms with van der Waals surface area (Å²) in [6.07, 6.45) is 5.22. The zero-order valence-electron chi connectivity index (χ0n) is 15.9. The zero-order valence-corrected chi connectivity index (χ0v) is 17.4. The van der Waals surface area contributed by atoms with Crippen LogP contribution in [0.25, 0.3) is 0 Å². The minimum Gasteiger partial charge on any atom is -0.467 e. The zero-order chi connectivity index (χ0) is 20.4. The Morgan fingerprint density at radius 1 is 1.11 bits per heavy atom. The fourth-order valence-electron chi connectivity index (χ4n) is 3.93. The summed E-state index contributed by atoms with van der Waals surface area (Å²) in [4.78, 5) is 25.0. The molecule has 9 heteroatoms. The van der Waals surface area contributed by atoms with E-state index in [2.05, 4.69) is 5.32 Å². The quantitative estimate of drug-likeness (QED) is 0.728. The van der Waals surface area contributed by atoms with Crippen molar-refractivity contribution in [1.82, 2.24) is 9.62 Å². The van der Waals surface area contributed by atoms with Gasteiger partial charge in [0.1, 0.15) is 10.4 Å². The van der Waals surface area contributed by atoms with Gasteiger partial charge < -0.3 is 10.1 Å². The van der Waals surface area contributed by atoms with E-state index in [-0.39, 0.29) is 15.5 Å². The highest BCUT2D eigenvalue weighted by atomic mass is 35.5. The predicted octanol–water partition coefficient (Wildman–Crippen LogP) is 2.73. The number of hydrogen-bond acceptors (Lipinski definition) is 5. The number of halogens is 1. The Hall–Kier alpha value is -1.64. The third kappa shape index (κ3) is 4.04. The van der Waals surface area contributed by atoms with Gasteiger partial charge in [-0.15, -0.1) is 0 Å². The van der Waals surface area contributed by atoms with Crippen LogP contribution in [0.4, 0.5) is 0 Å². The Balaban J connectivity index is 1.88. The first-order chi connectivity index (χ1) is 13.3. The summed E-state index contributed by atoms with van der Waals surface area (Å²) in [5.74, 6) is -0.993. The van der Waals surface area contributed by atoms with Crippen molar-refractivity contribution in [1.29, 1.82) is 0 Å². The average Bonchev–Trinajstić information content (AvgIpc) is 3.17. The van der Waals surface area contributed by atoms with Crippen molar-refractivity contribution in [3.05, 3.63) is 28.8 Å². The number of carbonyl (C=O) groups is 2. The number of sulfonamides is 1. The maximum absolute atomic E-state index is 13.0. The molecule has 3 rings (SSSR count). The van der Waals surface area contributed by atoms with Crippen LogP contribution in [-0.2, 0) is 19.6 Å². The van der Waals surface area contributed by atoms with Gasteiger partial charge in [0.2, 0.25) is 10.0 Å². The van der Waals surface area contributed by atoms with E-state index >= 15 is 0 Å². The molecule has 0 bridgehead atoms. The molecule has 0 unspecified atom stereocenters. The second-order valence-corrected chi connectivity index (χ2v) is 9.66. The van der Waals surface area contributed by atoms with E-state index in [9.17, 15) is 18.0 Å². The lowest BCUT2D eigenvalue weighted by Gasteiger charge is -2.28. The van der Waals surface area contributed by atoms with Crippen LogP contribution in [0.5, 0.6) is 0 Å². The number of hydrogen-bond donors (Lipinski definition) is 1. The number of nitrogens with zero attached hydrogens (tertiary/aromatic N) is 1. The van der Waals surface area contributed by atoms with Gasteiger partial charge in [-0.2, -0.15) is 4.31 Å². The SMILES string of the molecule is COC(=O)C1(NC(=O)c2ccc(Cl)c(S(=O)(=O)N3CCCCC3)c2)CCCC1. The summed E-state index contributed by atoms with van der Waals surface area (Å²) in [6, 6.07) is 4.17. The molecular formula is C19H25ClN2O5S. The number of benzene rings is 1. The lowest BCUT2D eigenvalue weighted by Crippen LogP contribution is -2.53. The highest BCUT2D eigenvalue weighted by Crippen LogP contribution is 2.32. The molecule has 1 saturated carbocycles. The number of carbonyl (C=O) groups excluding carboxylic acids is 2. The highest BCUT2D eigenvalue weighted by molar-refractivity contribution is 7.89. The summed E-state index contributed by atoms with van der Waals surface area (Å²) in [6.45, 7) is 0.890. The molecule has 28 heavy (non-hydrogen) atoms. The molecule has 0 spiro atoms. The molecule has 2 aliphatic rings. The van der Waals surface area contributed by atoms with Crippen LogP contribution in [0, 0.1) is 0 Å². The van der Waals surface area contributed by atoms with Crippen molar-refractivity contribution in [3.8, 4) is 0 Å². The number of piperidine rings is 1. The monoisotopic (exact) mass is 428 g/mol. The van der Waals surface area contributed by atoms with E-state index < -0.39 is 27.4 Å². The van der Waals surface area contributed by atoms with Gasteiger partial charge in [0.15, 0.2) is 0 Å². The van der Waals surface area contributed by atoms with Crippen molar-refractivity contribution in [2.45, 2.75) is 55.4 Å². The number of ether oxygens (including phenoxy) is 1.